The van der Waals surface area contributed by atoms with Crippen molar-refractivity contribution in [2.24, 2.45) is 5.73 Å². The first-order valence-corrected chi connectivity index (χ1v) is 5.64. The Morgan fingerprint density at radius 1 is 1.20 bits per heavy atom. The van der Waals surface area contributed by atoms with Gasteiger partial charge in [-0.05, 0) is 31.5 Å². The molecular weight excluding hydrogens is 229 g/mol. The SMILES string of the molecule is NCCCCC#Cc1cccc(Cl)c1Cl. The van der Waals surface area contributed by atoms with Gasteiger partial charge >= 0.3 is 0 Å². The molecule has 0 amide bonds. The normalized spacial score (nSPS) is 9.53. The van der Waals surface area contributed by atoms with Gasteiger partial charge in [-0.1, -0.05) is 41.1 Å². The van der Waals surface area contributed by atoms with Crippen molar-refractivity contribution in [3.8, 4) is 11.8 Å². The molecule has 0 radical (unpaired) electrons. The highest BCUT2D eigenvalue weighted by atomic mass is 35.5. The van der Waals surface area contributed by atoms with E-state index in [2.05, 4.69) is 11.8 Å². The lowest BCUT2D eigenvalue weighted by Crippen LogP contribution is -1.96. The number of hydrogen-bond acceptors (Lipinski definition) is 1. The van der Waals surface area contributed by atoms with E-state index in [0.717, 1.165) is 31.4 Å². The lowest BCUT2D eigenvalue weighted by molar-refractivity contribution is 0.768. The first-order chi connectivity index (χ1) is 7.25. The average Bonchev–Trinajstić information content (AvgIpc) is 2.24. The summed E-state index contributed by atoms with van der Waals surface area (Å²) in [4.78, 5) is 0. The van der Waals surface area contributed by atoms with Crippen LogP contribution in [0, 0.1) is 11.8 Å². The summed E-state index contributed by atoms with van der Waals surface area (Å²) in [6.45, 7) is 0.722. The van der Waals surface area contributed by atoms with E-state index in [0.29, 0.717) is 10.0 Å². The molecule has 15 heavy (non-hydrogen) atoms. The minimum atomic E-state index is 0.533. The van der Waals surface area contributed by atoms with E-state index in [4.69, 9.17) is 28.9 Å². The third-order valence-corrected chi connectivity index (χ3v) is 2.75. The van der Waals surface area contributed by atoms with Crippen LogP contribution in [-0.2, 0) is 0 Å². The molecule has 1 aromatic carbocycles. The minimum Gasteiger partial charge on any atom is -0.330 e. The van der Waals surface area contributed by atoms with Crippen molar-refractivity contribution in [1.82, 2.24) is 0 Å². The fraction of sp³-hybridized carbons (Fsp3) is 0.333. The summed E-state index contributed by atoms with van der Waals surface area (Å²) in [7, 11) is 0. The molecule has 0 unspecified atom stereocenters. The summed E-state index contributed by atoms with van der Waals surface area (Å²) < 4.78 is 0. The summed E-state index contributed by atoms with van der Waals surface area (Å²) in [5.41, 5.74) is 6.17. The summed E-state index contributed by atoms with van der Waals surface area (Å²) in [6, 6.07) is 5.46. The number of hydrogen-bond donors (Lipinski definition) is 1. The van der Waals surface area contributed by atoms with Crippen molar-refractivity contribution in [3.63, 3.8) is 0 Å². The zero-order valence-corrected chi connectivity index (χ0v) is 9.91. The largest absolute Gasteiger partial charge is 0.330 e. The topological polar surface area (TPSA) is 26.0 Å². The first kappa shape index (κ1) is 12.4. The highest BCUT2D eigenvalue weighted by Gasteiger charge is 2.00. The highest BCUT2D eigenvalue weighted by molar-refractivity contribution is 6.42. The van der Waals surface area contributed by atoms with Crippen LogP contribution in [0.2, 0.25) is 10.0 Å². The van der Waals surface area contributed by atoms with E-state index in [-0.39, 0.29) is 0 Å². The van der Waals surface area contributed by atoms with Gasteiger partial charge in [0, 0.05) is 12.0 Å². The van der Waals surface area contributed by atoms with Gasteiger partial charge in [-0.3, -0.25) is 0 Å². The third-order valence-electron chi connectivity index (χ3n) is 1.93. The van der Waals surface area contributed by atoms with Crippen molar-refractivity contribution in [2.45, 2.75) is 19.3 Å². The van der Waals surface area contributed by atoms with Gasteiger partial charge in [-0.15, -0.1) is 0 Å². The van der Waals surface area contributed by atoms with Crippen LogP contribution < -0.4 is 5.73 Å². The van der Waals surface area contributed by atoms with Crippen LogP contribution in [0.4, 0.5) is 0 Å². The second-order valence-electron chi connectivity index (χ2n) is 3.15. The average molecular weight is 242 g/mol. The van der Waals surface area contributed by atoms with Crippen LogP contribution in [-0.4, -0.2) is 6.54 Å². The molecule has 1 rings (SSSR count). The maximum absolute atomic E-state index is 5.98. The van der Waals surface area contributed by atoms with Crippen LogP contribution in [0.3, 0.4) is 0 Å². The zero-order chi connectivity index (χ0) is 11.1. The van der Waals surface area contributed by atoms with E-state index in [1.807, 2.05) is 12.1 Å². The van der Waals surface area contributed by atoms with Gasteiger partial charge in [0.05, 0.1) is 10.0 Å². The molecule has 0 atom stereocenters. The Kier molecular flexibility index (Phi) is 5.57. The van der Waals surface area contributed by atoms with Gasteiger partial charge in [0.25, 0.3) is 0 Å². The summed E-state index contributed by atoms with van der Waals surface area (Å²) >= 11 is 11.8. The highest BCUT2D eigenvalue weighted by Crippen LogP contribution is 2.24. The van der Waals surface area contributed by atoms with Gasteiger partial charge < -0.3 is 5.73 Å². The summed E-state index contributed by atoms with van der Waals surface area (Å²) in [5, 5.41) is 1.08. The van der Waals surface area contributed by atoms with E-state index >= 15 is 0 Å². The molecule has 0 aromatic heterocycles. The quantitative estimate of drug-likeness (QED) is 0.637. The first-order valence-electron chi connectivity index (χ1n) is 4.88. The van der Waals surface area contributed by atoms with Crippen LogP contribution in [0.1, 0.15) is 24.8 Å². The summed E-state index contributed by atoms with van der Waals surface area (Å²) in [6.07, 6.45) is 2.89. The Balaban J connectivity index is 2.60. The standard InChI is InChI=1S/C12H13Cl2N/c13-11-8-5-7-10(12(11)14)6-3-1-2-4-9-15/h5,7-8H,1-2,4,9,15H2. The fourth-order valence-electron chi connectivity index (χ4n) is 1.12. The predicted molar refractivity (Wildman–Crippen MR) is 66.2 cm³/mol. The molecule has 3 heteroatoms. The maximum atomic E-state index is 5.98. The molecule has 0 heterocycles. The zero-order valence-electron chi connectivity index (χ0n) is 8.39. The van der Waals surface area contributed by atoms with Crippen molar-refractivity contribution in [1.29, 1.82) is 0 Å². The van der Waals surface area contributed by atoms with Crippen molar-refractivity contribution in [3.05, 3.63) is 33.8 Å². The van der Waals surface area contributed by atoms with Crippen molar-refractivity contribution < 1.29 is 0 Å². The molecule has 80 valence electrons. The van der Waals surface area contributed by atoms with Gasteiger partial charge in [0.15, 0.2) is 0 Å². The van der Waals surface area contributed by atoms with Crippen LogP contribution in [0.15, 0.2) is 18.2 Å². The Morgan fingerprint density at radius 3 is 2.73 bits per heavy atom. The molecule has 0 aliphatic heterocycles. The number of rotatable bonds is 3. The van der Waals surface area contributed by atoms with Gasteiger partial charge in [0.1, 0.15) is 0 Å². The number of benzene rings is 1. The number of unbranched alkanes of at least 4 members (excludes halogenated alkanes) is 2. The Hall–Kier alpha value is -0.680. The van der Waals surface area contributed by atoms with Gasteiger partial charge in [-0.25, -0.2) is 0 Å². The molecule has 0 fully saturated rings. The van der Waals surface area contributed by atoms with Gasteiger partial charge in [0.2, 0.25) is 0 Å². The Labute approximate surface area is 101 Å². The van der Waals surface area contributed by atoms with E-state index in [1.54, 1.807) is 6.07 Å². The van der Waals surface area contributed by atoms with E-state index in [9.17, 15) is 0 Å². The van der Waals surface area contributed by atoms with Crippen LogP contribution in [0.5, 0.6) is 0 Å². The minimum absolute atomic E-state index is 0.533. The fourth-order valence-corrected chi connectivity index (χ4v) is 1.46. The van der Waals surface area contributed by atoms with E-state index < -0.39 is 0 Å². The molecule has 0 saturated carbocycles. The summed E-state index contributed by atoms with van der Waals surface area (Å²) in [5.74, 6) is 6.06. The van der Waals surface area contributed by atoms with Crippen LogP contribution >= 0.6 is 23.2 Å². The van der Waals surface area contributed by atoms with Gasteiger partial charge in [-0.2, -0.15) is 0 Å². The van der Waals surface area contributed by atoms with Crippen LogP contribution in [0.25, 0.3) is 0 Å². The molecule has 0 bridgehead atoms. The molecule has 1 nitrogen and oxygen atoms in total. The number of nitrogens with two attached hydrogens (primary N) is 1. The van der Waals surface area contributed by atoms with Crippen molar-refractivity contribution in [2.75, 3.05) is 6.54 Å². The maximum Gasteiger partial charge on any atom is 0.0748 e. The molecule has 1 aromatic rings. The molecule has 0 saturated heterocycles. The third kappa shape index (κ3) is 4.13. The van der Waals surface area contributed by atoms with Crippen molar-refractivity contribution >= 4 is 23.2 Å². The molecule has 0 aliphatic carbocycles. The molecule has 0 spiro atoms. The lowest BCUT2D eigenvalue weighted by atomic mass is 10.2. The molecular formula is C12H13Cl2N. The van der Waals surface area contributed by atoms with E-state index in [1.165, 1.54) is 0 Å². The number of halogens is 2. The lowest BCUT2D eigenvalue weighted by Gasteiger charge is -1.97. The predicted octanol–water partition coefficient (Wildman–Crippen LogP) is 3.47. The monoisotopic (exact) mass is 241 g/mol. The Bertz CT molecular complexity index is 377. The second-order valence-corrected chi connectivity index (χ2v) is 3.93. The Morgan fingerprint density at radius 2 is 2.00 bits per heavy atom. The molecule has 2 N–H and O–H groups in total. The second kappa shape index (κ2) is 6.74. The molecule has 0 aliphatic rings. The smallest absolute Gasteiger partial charge is 0.0748 e.